The van der Waals surface area contributed by atoms with E-state index >= 15 is 0 Å². The summed E-state index contributed by atoms with van der Waals surface area (Å²) < 4.78 is 86.3. The molecule has 1 aliphatic rings. The number of pyridine rings is 1. The molecule has 12 heteroatoms. The Bertz CT molecular complexity index is 1310. The Labute approximate surface area is 240 Å². The Balaban J connectivity index is 1.58. The van der Waals surface area contributed by atoms with Crippen molar-refractivity contribution in [2.24, 2.45) is 0 Å². The van der Waals surface area contributed by atoms with Crippen molar-refractivity contribution in [1.29, 1.82) is 0 Å². The number of amides is 1. The second kappa shape index (κ2) is 13.0. The predicted octanol–water partition coefficient (Wildman–Crippen LogP) is 6.18. The van der Waals surface area contributed by atoms with Crippen LogP contribution in [0.4, 0.5) is 32.2 Å². The van der Waals surface area contributed by atoms with Crippen molar-refractivity contribution in [2.45, 2.75) is 44.3 Å². The first kappa shape index (κ1) is 31.1. The molecule has 1 aliphatic heterocycles. The van der Waals surface area contributed by atoms with Gasteiger partial charge in [-0.05, 0) is 54.4 Å². The molecule has 1 N–H and O–H groups in total. The number of hydrogen-bond acceptors (Lipinski definition) is 5. The van der Waals surface area contributed by atoms with Crippen LogP contribution in [0.3, 0.4) is 0 Å². The van der Waals surface area contributed by atoms with Gasteiger partial charge in [0.2, 0.25) is 0 Å². The lowest BCUT2D eigenvalue weighted by atomic mass is 9.94. The monoisotopic (exact) mass is 594 g/mol. The Morgan fingerprint density at radius 3 is 2.14 bits per heavy atom. The van der Waals surface area contributed by atoms with Crippen LogP contribution in [0, 0.1) is 0 Å². The minimum absolute atomic E-state index is 0.00125. The van der Waals surface area contributed by atoms with Crippen molar-refractivity contribution in [3.63, 3.8) is 0 Å². The molecule has 3 aromatic rings. The van der Waals surface area contributed by atoms with E-state index in [4.69, 9.17) is 4.74 Å². The Hall–Kier alpha value is -3.80. The number of nitrogens with one attached hydrogen (secondary N) is 1. The maximum Gasteiger partial charge on any atom is 0.416 e. The second-order valence-corrected chi connectivity index (χ2v) is 10.1. The zero-order valence-electron chi connectivity index (χ0n) is 23.0. The third-order valence-electron chi connectivity index (χ3n) is 7.13. The van der Waals surface area contributed by atoms with Gasteiger partial charge >= 0.3 is 12.4 Å². The lowest BCUT2D eigenvalue weighted by Crippen LogP contribution is -2.61. The number of carbonyl (C=O) groups excluding carboxylic acids is 1. The van der Waals surface area contributed by atoms with E-state index in [0.29, 0.717) is 32.6 Å². The van der Waals surface area contributed by atoms with E-state index in [9.17, 15) is 31.1 Å². The first-order valence-electron chi connectivity index (χ1n) is 13.6. The lowest BCUT2D eigenvalue weighted by molar-refractivity contribution is -0.149. The maximum absolute atomic E-state index is 14.1. The Morgan fingerprint density at radius 2 is 1.55 bits per heavy atom. The number of hydrogen-bond donors (Lipinski definition) is 1. The van der Waals surface area contributed by atoms with Crippen LogP contribution in [0.15, 0.2) is 72.9 Å². The normalized spacial score (nSPS) is 15.8. The molecule has 42 heavy (non-hydrogen) atoms. The number of benzene rings is 2. The molecule has 0 saturated carbocycles. The van der Waals surface area contributed by atoms with Crippen LogP contribution in [0.5, 0.6) is 5.75 Å². The van der Waals surface area contributed by atoms with Crippen molar-refractivity contribution in [2.75, 3.05) is 37.6 Å². The van der Waals surface area contributed by atoms with E-state index in [1.807, 2.05) is 24.0 Å². The van der Waals surface area contributed by atoms with E-state index in [1.165, 1.54) is 18.2 Å². The zero-order chi connectivity index (χ0) is 30.4. The van der Waals surface area contributed by atoms with Crippen LogP contribution >= 0.6 is 0 Å². The van der Waals surface area contributed by atoms with Crippen LogP contribution in [0.1, 0.15) is 36.5 Å². The molecule has 0 radical (unpaired) electrons. The van der Waals surface area contributed by atoms with Gasteiger partial charge in [-0.2, -0.15) is 26.3 Å². The van der Waals surface area contributed by atoms with E-state index in [0.717, 1.165) is 36.1 Å². The number of aromatic nitrogens is 1. The number of anilines is 1. The Morgan fingerprint density at radius 1 is 0.881 bits per heavy atom. The topological polar surface area (TPSA) is 57.7 Å². The molecule has 226 valence electrons. The van der Waals surface area contributed by atoms with E-state index < -0.39 is 29.1 Å². The summed E-state index contributed by atoms with van der Waals surface area (Å²) in [6.45, 7) is 3.15. The fourth-order valence-electron chi connectivity index (χ4n) is 5.06. The van der Waals surface area contributed by atoms with Gasteiger partial charge in [-0.3, -0.25) is 4.79 Å². The molecular weight excluding hydrogens is 562 g/mol. The number of ether oxygens (including phenoxy) is 1. The summed E-state index contributed by atoms with van der Waals surface area (Å²) in [7, 11) is 0. The molecular formula is C30H32F6N4O2. The fourth-order valence-corrected chi connectivity index (χ4v) is 5.06. The molecule has 0 spiro atoms. The number of alkyl halides is 6. The van der Waals surface area contributed by atoms with Crippen molar-refractivity contribution in [3.05, 3.63) is 89.6 Å². The predicted molar refractivity (Wildman–Crippen MR) is 146 cm³/mol. The van der Waals surface area contributed by atoms with E-state index in [-0.39, 0.29) is 36.7 Å². The molecule has 0 bridgehead atoms. The summed E-state index contributed by atoms with van der Waals surface area (Å²) in [4.78, 5) is 22.1. The smallest absolute Gasteiger partial charge is 0.416 e. The number of rotatable bonds is 10. The SMILES string of the molecule is CCCC(CNCc1ccccc1C(F)(F)F)(Oc1ccc(C(F)(F)F)cc1)C(=O)N1CCN(c2ccccn2)CC1. The number of carbonyl (C=O) groups is 1. The third-order valence-corrected chi connectivity index (χ3v) is 7.13. The average molecular weight is 595 g/mol. The molecule has 1 aromatic heterocycles. The van der Waals surface area contributed by atoms with Gasteiger partial charge in [0.1, 0.15) is 11.6 Å². The highest BCUT2D eigenvalue weighted by atomic mass is 19.4. The van der Waals surface area contributed by atoms with Crippen LogP contribution in [-0.4, -0.2) is 54.1 Å². The van der Waals surface area contributed by atoms with Gasteiger partial charge in [-0.1, -0.05) is 37.6 Å². The van der Waals surface area contributed by atoms with Crippen molar-refractivity contribution >= 4 is 11.7 Å². The summed E-state index contributed by atoms with van der Waals surface area (Å²) >= 11 is 0. The van der Waals surface area contributed by atoms with Gasteiger partial charge in [0, 0.05) is 45.5 Å². The maximum atomic E-state index is 14.1. The van der Waals surface area contributed by atoms with Crippen LogP contribution in [0.2, 0.25) is 0 Å². The lowest BCUT2D eigenvalue weighted by Gasteiger charge is -2.41. The van der Waals surface area contributed by atoms with E-state index in [2.05, 4.69) is 10.3 Å². The largest absolute Gasteiger partial charge is 0.476 e. The summed E-state index contributed by atoms with van der Waals surface area (Å²) in [5.41, 5.74) is -3.23. The minimum Gasteiger partial charge on any atom is -0.476 e. The van der Waals surface area contributed by atoms with Gasteiger partial charge in [-0.25, -0.2) is 4.98 Å². The first-order chi connectivity index (χ1) is 19.9. The van der Waals surface area contributed by atoms with Gasteiger partial charge in [0.15, 0.2) is 5.60 Å². The first-order valence-corrected chi connectivity index (χ1v) is 13.6. The molecule has 6 nitrogen and oxygen atoms in total. The van der Waals surface area contributed by atoms with Crippen LogP contribution in [0.25, 0.3) is 0 Å². The quantitative estimate of drug-likeness (QED) is 0.285. The highest BCUT2D eigenvalue weighted by molar-refractivity contribution is 5.86. The molecule has 2 heterocycles. The van der Waals surface area contributed by atoms with E-state index in [1.54, 1.807) is 17.2 Å². The minimum atomic E-state index is -4.56. The van der Waals surface area contributed by atoms with Gasteiger partial charge in [0.05, 0.1) is 11.1 Å². The molecule has 1 atom stereocenters. The average Bonchev–Trinajstić information content (AvgIpc) is 2.97. The van der Waals surface area contributed by atoms with Crippen LogP contribution in [-0.2, 0) is 23.7 Å². The standard InChI is InChI=1S/C30H32F6N4O2/c1-2-14-28(42-24-12-10-23(11-13-24)29(31,32)33,21-37-20-22-7-3-4-8-25(22)30(34,35)36)27(41)40-18-16-39(17-19-40)26-9-5-6-15-38-26/h3-13,15,37H,2,14,16-21H2,1H3. The molecule has 4 rings (SSSR count). The van der Waals surface area contributed by atoms with Crippen molar-refractivity contribution in [1.82, 2.24) is 15.2 Å². The summed E-state index contributed by atoms with van der Waals surface area (Å²) in [5, 5.41) is 2.98. The number of piperazine rings is 1. The van der Waals surface area contributed by atoms with Gasteiger partial charge in [0.25, 0.3) is 5.91 Å². The summed E-state index contributed by atoms with van der Waals surface area (Å²) in [6, 6.07) is 14.7. The highest BCUT2D eigenvalue weighted by Crippen LogP contribution is 2.34. The number of halogens is 6. The third kappa shape index (κ3) is 7.53. The molecule has 1 saturated heterocycles. The van der Waals surface area contributed by atoms with Crippen molar-refractivity contribution in [3.8, 4) is 5.75 Å². The molecule has 1 amide bonds. The molecule has 1 fully saturated rings. The second-order valence-electron chi connectivity index (χ2n) is 10.1. The van der Waals surface area contributed by atoms with Gasteiger partial charge in [-0.15, -0.1) is 0 Å². The summed E-state index contributed by atoms with van der Waals surface area (Å²) in [6.07, 6.45) is -6.77. The molecule has 2 aromatic carbocycles. The van der Waals surface area contributed by atoms with Gasteiger partial charge < -0.3 is 19.9 Å². The summed E-state index contributed by atoms with van der Waals surface area (Å²) in [5.74, 6) is 0.436. The Kier molecular flexibility index (Phi) is 9.65. The fraction of sp³-hybridized carbons (Fsp3) is 0.400. The molecule has 1 unspecified atom stereocenters. The number of nitrogens with zero attached hydrogens (tertiary/aromatic N) is 3. The highest BCUT2D eigenvalue weighted by Gasteiger charge is 2.44. The zero-order valence-corrected chi connectivity index (χ0v) is 23.0. The van der Waals surface area contributed by atoms with Crippen LogP contribution < -0.4 is 15.0 Å². The van der Waals surface area contributed by atoms with Crippen molar-refractivity contribution < 1.29 is 35.9 Å². The molecule has 0 aliphatic carbocycles.